The van der Waals surface area contributed by atoms with Crippen molar-refractivity contribution >= 4 is 20.7 Å². The standard InChI is InChI=1S/C14H17BO2P/c1-3-10-18(15,11-4-2)12-17-14(16)13-8-6-5-7-9-13/h3-9H,1-2,10-12H2/q+1. The molecule has 0 unspecified atom stereocenters. The highest BCUT2D eigenvalue weighted by molar-refractivity contribution is 7.97. The highest BCUT2D eigenvalue weighted by Gasteiger charge is 2.30. The molecule has 1 aromatic rings. The van der Waals surface area contributed by atoms with Gasteiger partial charge in [0.2, 0.25) is 0 Å². The molecular weight excluding hydrogens is 242 g/mol. The predicted octanol–water partition coefficient (Wildman–Crippen LogP) is 3.27. The third kappa shape index (κ3) is 4.50. The summed E-state index contributed by atoms with van der Waals surface area (Å²) in [7, 11) is 4.41. The van der Waals surface area contributed by atoms with Crippen LogP contribution in [0, 0.1) is 0 Å². The Morgan fingerprint density at radius 3 is 2.28 bits per heavy atom. The van der Waals surface area contributed by atoms with Crippen molar-refractivity contribution in [2.24, 2.45) is 0 Å². The molecule has 0 bridgehead atoms. The molecule has 2 radical (unpaired) electrons. The first kappa shape index (κ1) is 14.7. The van der Waals surface area contributed by atoms with Gasteiger partial charge in [-0.3, -0.25) is 0 Å². The van der Waals surface area contributed by atoms with Crippen molar-refractivity contribution < 1.29 is 9.53 Å². The predicted molar refractivity (Wildman–Crippen MR) is 79.5 cm³/mol. The molecule has 0 aliphatic heterocycles. The maximum Gasteiger partial charge on any atom is 0.369 e. The number of carbonyl (C=O) groups is 1. The second-order valence-electron chi connectivity index (χ2n) is 4.09. The van der Waals surface area contributed by atoms with Crippen molar-refractivity contribution in [1.29, 1.82) is 0 Å². The second-order valence-corrected chi connectivity index (χ2v) is 7.51. The first-order chi connectivity index (χ1) is 8.61. The molecule has 1 rings (SSSR count). The molecule has 0 amide bonds. The summed E-state index contributed by atoms with van der Waals surface area (Å²) in [5, 5.41) is 0. The zero-order valence-corrected chi connectivity index (χ0v) is 11.3. The molecule has 0 fully saturated rings. The van der Waals surface area contributed by atoms with E-state index in [0.29, 0.717) is 17.9 Å². The fourth-order valence-corrected chi connectivity index (χ4v) is 3.30. The van der Waals surface area contributed by atoms with Crippen LogP contribution in [0.5, 0.6) is 0 Å². The quantitative estimate of drug-likeness (QED) is 0.325. The number of carbonyl (C=O) groups excluding carboxylic acids is 1. The molecule has 1 aromatic carbocycles. The maximum absolute atomic E-state index is 11.8. The number of rotatable bonds is 7. The van der Waals surface area contributed by atoms with E-state index >= 15 is 0 Å². The van der Waals surface area contributed by atoms with Crippen LogP contribution >= 0.6 is 7.14 Å². The van der Waals surface area contributed by atoms with Gasteiger partial charge in [-0.25, -0.2) is 4.79 Å². The zero-order valence-electron chi connectivity index (χ0n) is 10.4. The van der Waals surface area contributed by atoms with E-state index in [4.69, 9.17) is 12.3 Å². The molecule has 0 atom stereocenters. The van der Waals surface area contributed by atoms with Gasteiger partial charge in [0.1, 0.15) is 0 Å². The number of esters is 1. The molecule has 0 aliphatic carbocycles. The van der Waals surface area contributed by atoms with Crippen LogP contribution < -0.4 is 0 Å². The van der Waals surface area contributed by atoms with E-state index in [-0.39, 0.29) is 12.3 Å². The Balaban J connectivity index is 2.60. The third-order valence-corrected chi connectivity index (χ3v) is 5.06. The smallest absolute Gasteiger partial charge is 0.369 e. The van der Waals surface area contributed by atoms with Gasteiger partial charge in [-0.15, -0.1) is 0 Å². The van der Waals surface area contributed by atoms with Gasteiger partial charge in [0.15, 0.2) is 6.35 Å². The topological polar surface area (TPSA) is 26.3 Å². The Morgan fingerprint density at radius 1 is 1.22 bits per heavy atom. The molecule has 0 saturated heterocycles. The summed E-state index contributed by atoms with van der Waals surface area (Å²) in [6, 6.07) is 8.90. The molecule has 0 saturated carbocycles. The van der Waals surface area contributed by atoms with Crippen LogP contribution in [0.15, 0.2) is 55.6 Å². The van der Waals surface area contributed by atoms with E-state index < -0.39 is 7.14 Å². The Bertz CT molecular complexity index is 407. The van der Waals surface area contributed by atoms with E-state index in [2.05, 4.69) is 13.2 Å². The average molecular weight is 259 g/mol. The summed E-state index contributed by atoms with van der Waals surface area (Å²) < 4.78 is 5.29. The summed E-state index contributed by atoms with van der Waals surface area (Å²) in [4.78, 5) is 11.8. The molecule has 92 valence electrons. The van der Waals surface area contributed by atoms with Crippen LogP contribution in [0.25, 0.3) is 0 Å². The lowest BCUT2D eigenvalue weighted by Crippen LogP contribution is -2.13. The normalized spacial score (nSPS) is 10.7. The number of allylic oxidation sites excluding steroid dienone is 2. The highest BCUT2D eigenvalue weighted by Crippen LogP contribution is 2.53. The Kier molecular flexibility index (Phi) is 5.87. The largest absolute Gasteiger partial charge is 0.428 e. The first-order valence-electron chi connectivity index (χ1n) is 5.70. The molecule has 0 aromatic heterocycles. The van der Waals surface area contributed by atoms with Gasteiger partial charge < -0.3 is 4.74 Å². The maximum atomic E-state index is 11.8. The number of benzene rings is 1. The van der Waals surface area contributed by atoms with Gasteiger partial charge in [0.05, 0.1) is 17.9 Å². The fraction of sp³-hybridized carbons (Fsp3) is 0.214. The highest BCUT2D eigenvalue weighted by atomic mass is 31.2. The lowest BCUT2D eigenvalue weighted by molar-refractivity contribution is 0.0574. The summed E-state index contributed by atoms with van der Waals surface area (Å²) in [5.74, 6) is -0.335. The van der Waals surface area contributed by atoms with Crippen LogP contribution in [0.2, 0.25) is 0 Å². The van der Waals surface area contributed by atoms with Crippen molar-refractivity contribution in [2.75, 3.05) is 18.7 Å². The van der Waals surface area contributed by atoms with Crippen LogP contribution in [0.3, 0.4) is 0 Å². The minimum atomic E-state index is -1.82. The summed E-state index contributed by atoms with van der Waals surface area (Å²) >= 11 is 0. The first-order valence-corrected chi connectivity index (χ1v) is 8.11. The Labute approximate surface area is 110 Å². The molecule has 0 spiro atoms. The number of hydrogen-bond donors (Lipinski definition) is 0. The SMILES string of the molecule is [B][P+](CC=C)(CC=C)COC(=O)c1ccccc1. The summed E-state index contributed by atoms with van der Waals surface area (Å²) in [5.41, 5.74) is 0.543. The van der Waals surface area contributed by atoms with Gasteiger partial charge in [-0.05, 0) is 12.1 Å². The molecular formula is C14H17BO2P+. The lowest BCUT2D eigenvalue weighted by atomic mass is 10.2. The van der Waals surface area contributed by atoms with Gasteiger partial charge in [0.25, 0.3) is 0 Å². The van der Waals surface area contributed by atoms with Crippen molar-refractivity contribution in [2.45, 2.75) is 0 Å². The average Bonchev–Trinajstić information content (AvgIpc) is 2.38. The van der Waals surface area contributed by atoms with Crippen LogP contribution in [-0.2, 0) is 4.74 Å². The minimum Gasteiger partial charge on any atom is -0.428 e. The summed E-state index contributed by atoms with van der Waals surface area (Å²) in [6.07, 6.45) is 5.17. The van der Waals surface area contributed by atoms with E-state index in [1.165, 1.54) is 0 Å². The molecule has 0 aliphatic rings. The van der Waals surface area contributed by atoms with Crippen LogP contribution in [-0.4, -0.2) is 32.2 Å². The van der Waals surface area contributed by atoms with E-state index in [0.717, 1.165) is 0 Å². The Hall–Kier alpha value is -1.34. The lowest BCUT2D eigenvalue weighted by Gasteiger charge is -2.20. The molecule has 0 heterocycles. The van der Waals surface area contributed by atoms with E-state index in [1.54, 1.807) is 36.4 Å². The van der Waals surface area contributed by atoms with Gasteiger partial charge >= 0.3 is 13.5 Å². The Morgan fingerprint density at radius 2 is 1.78 bits per heavy atom. The minimum absolute atomic E-state index is 0.263. The fourth-order valence-electron chi connectivity index (χ4n) is 1.54. The molecule has 2 nitrogen and oxygen atoms in total. The monoisotopic (exact) mass is 259 g/mol. The molecule has 18 heavy (non-hydrogen) atoms. The van der Waals surface area contributed by atoms with Crippen molar-refractivity contribution in [3.8, 4) is 0 Å². The number of ether oxygens (including phenoxy) is 1. The van der Waals surface area contributed by atoms with Crippen LogP contribution in [0.1, 0.15) is 10.4 Å². The zero-order chi connectivity index (χ0) is 13.4. The van der Waals surface area contributed by atoms with Gasteiger partial charge in [-0.2, -0.15) is 0 Å². The summed E-state index contributed by atoms with van der Waals surface area (Å²) in [6.45, 7) is 7.37. The van der Waals surface area contributed by atoms with Crippen molar-refractivity contribution in [3.63, 3.8) is 0 Å². The second kappa shape index (κ2) is 7.18. The van der Waals surface area contributed by atoms with Gasteiger partial charge in [-0.1, -0.05) is 43.5 Å². The van der Waals surface area contributed by atoms with E-state index in [9.17, 15) is 4.79 Å². The van der Waals surface area contributed by atoms with Crippen molar-refractivity contribution in [3.05, 3.63) is 61.2 Å². The van der Waals surface area contributed by atoms with Gasteiger partial charge in [0, 0.05) is 7.14 Å². The van der Waals surface area contributed by atoms with Crippen molar-refractivity contribution in [1.82, 2.24) is 0 Å². The number of hydrogen-bond acceptors (Lipinski definition) is 2. The van der Waals surface area contributed by atoms with E-state index in [1.807, 2.05) is 6.07 Å². The third-order valence-electron chi connectivity index (χ3n) is 2.45. The van der Waals surface area contributed by atoms with Crippen LogP contribution in [0.4, 0.5) is 0 Å². The molecule has 4 heteroatoms. The molecule has 0 N–H and O–H groups in total.